The number of hydrogen-bond acceptors (Lipinski definition) is 8. The lowest BCUT2D eigenvalue weighted by Gasteiger charge is -2.17. The van der Waals surface area contributed by atoms with Crippen molar-refractivity contribution in [2.45, 2.75) is 52.1 Å². The normalized spacial score (nSPS) is 15.7. The van der Waals surface area contributed by atoms with Crippen LogP contribution < -0.4 is 15.5 Å². The van der Waals surface area contributed by atoms with Gasteiger partial charge in [0.15, 0.2) is 17.3 Å². The Bertz CT molecular complexity index is 1510. The number of carbonyl (C=O) groups is 2. The third kappa shape index (κ3) is 5.06. The highest BCUT2D eigenvalue weighted by atomic mass is 19.1. The maximum Gasteiger partial charge on any atom is 0.315 e. The number of anilines is 1. The predicted molar refractivity (Wildman–Crippen MR) is 138 cm³/mol. The van der Waals surface area contributed by atoms with Gasteiger partial charge in [0.05, 0.1) is 5.39 Å². The Morgan fingerprint density at radius 1 is 1.26 bits per heavy atom. The summed E-state index contributed by atoms with van der Waals surface area (Å²) in [5.41, 5.74) is 1.97. The van der Waals surface area contributed by atoms with Gasteiger partial charge in [0, 0.05) is 49.8 Å². The van der Waals surface area contributed by atoms with Crippen molar-refractivity contribution in [2.75, 3.05) is 18.0 Å². The largest absolute Gasteiger partial charge is 0.352 e. The minimum Gasteiger partial charge on any atom is -0.352 e. The average Bonchev–Trinajstić information content (AvgIpc) is 3.61. The highest BCUT2D eigenvalue weighted by Gasteiger charge is 2.28. The standard InChI is InChI=1S/C26H29FN8O3/c1-14(36)30-17-8-10-35(13-17)22-20-18(7-9-28-21(20)32-33-22)15-5-6-16(19(27)11-15)12-29-23(37)24-31-25(34-38-24)26(2,3)4/h5-7,9,11,17H,8,10,12-13H2,1-4H3,(H,29,37)(H,30,36)(H,28,32,33). The number of aromatic nitrogens is 5. The van der Waals surface area contributed by atoms with Crippen LogP contribution in [0, 0.1) is 5.82 Å². The second-order valence-electron chi connectivity index (χ2n) is 10.4. The van der Waals surface area contributed by atoms with Gasteiger partial charge < -0.3 is 20.1 Å². The van der Waals surface area contributed by atoms with E-state index in [4.69, 9.17) is 4.52 Å². The van der Waals surface area contributed by atoms with Gasteiger partial charge in [0.1, 0.15) is 5.82 Å². The van der Waals surface area contributed by atoms with Crippen molar-refractivity contribution < 1.29 is 18.5 Å². The Kier molecular flexibility index (Phi) is 6.55. The molecule has 3 N–H and O–H groups in total. The first-order valence-electron chi connectivity index (χ1n) is 12.4. The fourth-order valence-electron chi connectivity index (χ4n) is 4.49. The summed E-state index contributed by atoms with van der Waals surface area (Å²) in [6, 6.07) is 6.72. The number of aromatic amines is 1. The lowest BCUT2D eigenvalue weighted by Crippen LogP contribution is -2.35. The number of H-pyrrole nitrogens is 1. The van der Waals surface area contributed by atoms with Gasteiger partial charge in [-0.1, -0.05) is 38.1 Å². The fourth-order valence-corrected chi connectivity index (χ4v) is 4.49. The summed E-state index contributed by atoms with van der Waals surface area (Å²) in [7, 11) is 0. The molecule has 0 bridgehead atoms. The SMILES string of the molecule is CC(=O)NC1CCN(c2n[nH]c3nccc(-c4ccc(CNC(=O)c5nc(C(C)(C)C)no5)c(F)c4)c23)C1. The predicted octanol–water partition coefficient (Wildman–Crippen LogP) is 3.09. The first-order valence-corrected chi connectivity index (χ1v) is 12.4. The summed E-state index contributed by atoms with van der Waals surface area (Å²) in [5.74, 6) is -0.142. The number of pyridine rings is 1. The molecule has 198 valence electrons. The molecule has 5 rings (SSSR count). The van der Waals surface area contributed by atoms with E-state index >= 15 is 4.39 Å². The molecule has 38 heavy (non-hydrogen) atoms. The molecule has 1 atom stereocenters. The van der Waals surface area contributed by atoms with Crippen molar-refractivity contribution in [3.8, 4) is 11.1 Å². The summed E-state index contributed by atoms with van der Waals surface area (Å²) >= 11 is 0. The zero-order valence-electron chi connectivity index (χ0n) is 21.6. The Balaban J connectivity index is 1.35. The molecule has 1 unspecified atom stereocenters. The van der Waals surface area contributed by atoms with E-state index in [-0.39, 0.29) is 29.8 Å². The molecule has 0 spiro atoms. The van der Waals surface area contributed by atoms with E-state index in [0.717, 1.165) is 23.9 Å². The number of fused-ring (bicyclic) bond motifs is 1. The average molecular weight is 521 g/mol. The molecular weight excluding hydrogens is 491 g/mol. The Morgan fingerprint density at radius 3 is 2.79 bits per heavy atom. The molecule has 4 aromatic rings. The van der Waals surface area contributed by atoms with Gasteiger partial charge in [-0.2, -0.15) is 10.1 Å². The number of nitrogens with one attached hydrogen (secondary N) is 3. The minimum absolute atomic E-state index is 0.0403. The van der Waals surface area contributed by atoms with Crippen LogP contribution in [-0.2, 0) is 16.8 Å². The third-order valence-corrected chi connectivity index (χ3v) is 6.43. The molecular formula is C26H29FN8O3. The molecule has 3 aromatic heterocycles. The van der Waals surface area contributed by atoms with Crippen molar-refractivity contribution in [2.24, 2.45) is 0 Å². The topological polar surface area (TPSA) is 142 Å². The Labute approximate surface area is 218 Å². The molecule has 1 aromatic carbocycles. The highest BCUT2D eigenvalue weighted by Crippen LogP contribution is 2.35. The van der Waals surface area contributed by atoms with Crippen LogP contribution in [0.2, 0.25) is 0 Å². The van der Waals surface area contributed by atoms with Gasteiger partial charge in [0.2, 0.25) is 5.91 Å². The van der Waals surface area contributed by atoms with E-state index in [1.165, 1.54) is 13.0 Å². The van der Waals surface area contributed by atoms with Crippen LogP contribution in [0.25, 0.3) is 22.2 Å². The molecule has 0 saturated carbocycles. The molecule has 1 aliphatic heterocycles. The van der Waals surface area contributed by atoms with Crippen molar-refractivity contribution in [1.82, 2.24) is 36.0 Å². The van der Waals surface area contributed by atoms with E-state index in [9.17, 15) is 9.59 Å². The lowest BCUT2D eigenvalue weighted by molar-refractivity contribution is -0.119. The number of nitrogens with zero attached hydrogens (tertiary/aromatic N) is 5. The molecule has 0 radical (unpaired) electrons. The monoisotopic (exact) mass is 520 g/mol. The van der Waals surface area contributed by atoms with Crippen LogP contribution in [0.4, 0.5) is 10.2 Å². The van der Waals surface area contributed by atoms with Crippen molar-refractivity contribution >= 4 is 28.7 Å². The molecule has 1 saturated heterocycles. The zero-order valence-corrected chi connectivity index (χ0v) is 21.6. The second kappa shape index (κ2) is 9.84. The van der Waals surface area contributed by atoms with E-state index in [1.807, 2.05) is 26.8 Å². The summed E-state index contributed by atoms with van der Waals surface area (Å²) < 4.78 is 20.2. The molecule has 1 aliphatic rings. The smallest absolute Gasteiger partial charge is 0.315 e. The van der Waals surface area contributed by atoms with Crippen LogP contribution in [0.3, 0.4) is 0 Å². The number of amides is 2. The second-order valence-corrected chi connectivity index (χ2v) is 10.4. The maximum absolute atomic E-state index is 15.2. The number of halogens is 1. The van der Waals surface area contributed by atoms with E-state index in [1.54, 1.807) is 18.3 Å². The van der Waals surface area contributed by atoms with Gasteiger partial charge in [-0.05, 0) is 29.7 Å². The van der Waals surface area contributed by atoms with Crippen LogP contribution >= 0.6 is 0 Å². The van der Waals surface area contributed by atoms with Crippen molar-refractivity contribution in [3.05, 3.63) is 53.6 Å². The number of rotatable bonds is 6. The molecule has 0 aliphatic carbocycles. The van der Waals surface area contributed by atoms with Gasteiger partial charge in [-0.15, -0.1) is 0 Å². The molecule has 1 fully saturated rings. The number of hydrogen-bond donors (Lipinski definition) is 3. The van der Waals surface area contributed by atoms with Crippen LogP contribution in [-0.4, -0.2) is 56.3 Å². The Hall–Kier alpha value is -4.35. The lowest BCUT2D eigenvalue weighted by atomic mass is 9.96. The van der Waals surface area contributed by atoms with Crippen molar-refractivity contribution in [1.29, 1.82) is 0 Å². The fraction of sp³-hybridized carbons (Fsp3) is 0.385. The summed E-state index contributed by atoms with van der Waals surface area (Å²) in [4.78, 5) is 34.5. The maximum atomic E-state index is 15.2. The first kappa shape index (κ1) is 25.3. The molecule has 11 nitrogen and oxygen atoms in total. The van der Waals surface area contributed by atoms with Gasteiger partial charge >= 0.3 is 11.8 Å². The molecule has 4 heterocycles. The number of carbonyl (C=O) groups excluding carboxylic acids is 2. The highest BCUT2D eigenvalue weighted by molar-refractivity contribution is 6.00. The van der Waals surface area contributed by atoms with Crippen molar-refractivity contribution in [3.63, 3.8) is 0 Å². The molecule has 2 amide bonds. The van der Waals surface area contributed by atoms with E-state index < -0.39 is 11.7 Å². The Morgan fingerprint density at radius 2 is 2.08 bits per heavy atom. The number of benzene rings is 1. The van der Waals surface area contributed by atoms with E-state index in [0.29, 0.717) is 35.0 Å². The quantitative estimate of drug-likeness (QED) is 0.352. The van der Waals surface area contributed by atoms with E-state index in [2.05, 4.69) is 40.9 Å². The molecule has 12 heteroatoms. The first-order chi connectivity index (χ1) is 18.1. The van der Waals surface area contributed by atoms with Crippen LogP contribution in [0.1, 0.15) is 56.2 Å². The minimum atomic E-state index is -0.571. The van der Waals surface area contributed by atoms with Crippen LogP contribution in [0.15, 0.2) is 35.0 Å². The van der Waals surface area contributed by atoms with Gasteiger partial charge in [-0.25, -0.2) is 9.37 Å². The summed E-state index contributed by atoms with van der Waals surface area (Å²) in [5, 5.41) is 17.6. The van der Waals surface area contributed by atoms with Gasteiger partial charge in [-0.3, -0.25) is 14.7 Å². The summed E-state index contributed by atoms with van der Waals surface area (Å²) in [6.45, 7) is 8.54. The summed E-state index contributed by atoms with van der Waals surface area (Å²) in [6.07, 6.45) is 2.45. The van der Waals surface area contributed by atoms with Crippen LogP contribution in [0.5, 0.6) is 0 Å². The third-order valence-electron chi connectivity index (χ3n) is 6.43. The van der Waals surface area contributed by atoms with Gasteiger partial charge in [0.25, 0.3) is 0 Å². The zero-order chi connectivity index (χ0) is 27.0.